The molecular formula is C16H13ClN2O4. The van der Waals surface area contributed by atoms with Gasteiger partial charge in [-0.2, -0.15) is 0 Å². The normalized spacial score (nSPS) is 10.5. The number of ether oxygens (including phenoxy) is 1. The monoisotopic (exact) mass is 332 g/mol. The van der Waals surface area contributed by atoms with E-state index >= 15 is 0 Å². The molecule has 23 heavy (non-hydrogen) atoms. The number of nitrogens with one attached hydrogen (secondary N) is 1. The van der Waals surface area contributed by atoms with Crippen LogP contribution in [0.4, 0.5) is 11.4 Å². The van der Waals surface area contributed by atoms with Gasteiger partial charge >= 0.3 is 0 Å². The minimum atomic E-state index is -0.499. The van der Waals surface area contributed by atoms with Crippen LogP contribution in [-0.4, -0.2) is 17.9 Å². The standard InChI is InChI=1S/C16H13ClN2O4/c1-23-15-8-7-12(10-13(15)17)18-16(20)9-6-11-4-2-3-5-14(11)19(21)22/h2-10H,1H3,(H,18,20)/b9-6+. The summed E-state index contributed by atoms with van der Waals surface area (Å²) in [5, 5.41) is 13.9. The molecule has 7 heteroatoms. The maximum atomic E-state index is 11.9. The number of amides is 1. The van der Waals surface area contributed by atoms with Crippen LogP contribution in [0.1, 0.15) is 5.56 Å². The Kier molecular flexibility index (Phi) is 5.32. The van der Waals surface area contributed by atoms with E-state index < -0.39 is 10.8 Å². The fourth-order valence-corrected chi connectivity index (χ4v) is 2.15. The molecule has 0 atom stereocenters. The summed E-state index contributed by atoms with van der Waals surface area (Å²) >= 11 is 5.97. The molecule has 0 spiro atoms. The SMILES string of the molecule is COc1ccc(NC(=O)/C=C/c2ccccc2[N+](=O)[O-])cc1Cl. The van der Waals surface area contributed by atoms with Gasteiger partial charge in [0.2, 0.25) is 5.91 Å². The van der Waals surface area contributed by atoms with Crippen molar-refractivity contribution in [2.75, 3.05) is 12.4 Å². The van der Waals surface area contributed by atoms with E-state index in [1.54, 1.807) is 36.4 Å². The van der Waals surface area contributed by atoms with Crippen molar-refractivity contribution in [1.29, 1.82) is 0 Å². The molecule has 0 saturated heterocycles. The van der Waals surface area contributed by atoms with Gasteiger partial charge in [-0.3, -0.25) is 14.9 Å². The van der Waals surface area contributed by atoms with Gasteiger partial charge in [0.15, 0.2) is 0 Å². The fourth-order valence-electron chi connectivity index (χ4n) is 1.89. The molecule has 2 rings (SSSR count). The van der Waals surface area contributed by atoms with E-state index in [0.717, 1.165) is 0 Å². The van der Waals surface area contributed by atoms with Crippen molar-refractivity contribution in [1.82, 2.24) is 0 Å². The third kappa shape index (κ3) is 4.31. The molecule has 6 nitrogen and oxygen atoms in total. The molecule has 0 heterocycles. The van der Waals surface area contributed by atoms with E-state index in [1.165, 1.54) is 25.3 Å². The summed E-state index contributed by atoms with van der Waals surface area (Å²) in [6, 6.07) is 11.0. The molecule has 0 aliphatic rings. The smallest absolute Gasteiger partial charge is 0.276 e. The molecule has 0 saturated carbocycles. The quantitative estimate of drug-likeness (QED) is 0.511. The van der Waals surface area contributed by atoms with Gasteiger partial charge in [0, 0.05) is 17.8 Å². The Bertz CT molecular complexity index is 774. The van der Waals surface area contributed by atoms with Crippen molar-refractivity contribution in [2.24, 2.45) is 0 Å². The third-order valence-electron chi connectivity index (χ3n) is 2.97. The van der Waals surface area contributed by atoms with E-state index in [-0.39, 0.29) is 5.69 Å². The Morgan fingerprint density at radius 3 is 2.70 bits per heavy atom. The Morgan fingerprint density at radius 1 is 1.30 bits per heavy atom. The lowest BCUT2D eigenvalue weighted by atomic mass is 10.1. The second-order valence-corrected chi connectivity index (χ2v) is 4.90. The van der Waals surface area contributed by atoms with E-state index in [9.17, 15) is 14.9 Å². The Balaban J connectivity index is 2.11. The van der Waals surface area contributed by atoms with Crippen molar-refractivity contribution in [3.8, 4) is 5.75 Å². The first-order valence-electron chi connectivity index (χ1n) is 6.57. The molecule has 2 aromatic rings. The average Bonchev–Trinajstić information content (AvgIpc) is 2.53. The number of halogens is 1. The highest BCUT2D eigenvalue weighted by Gasteiger charge is 2.10. The van der Waals surface area contributed by atoms with Gasteiger partial charge in [0.1, 0.15) is 5.75 Å². The number of nitro groups is 1. The zero-order valence-corrected chi connectivity index (χ0v) is 12.9. The van der Waals surface area contributed by atoms with E-state index in [0.29, 0.717) is 22.0 Å². The number of rotatable bonds is 5. The van der Waals surface area contributed by atoms with Crippen LogP contribution < -0.4 is 10.1 Å². The molecule has 0 radical (unpaired) electrons. The van der Waals surface area contributed by atoms with Gasteiger partial charge in [-0.15, -0.1) is 0 Å². The number of anilines is 1. The summed E-state index contributed by atoms with van der Waals surface area (Å²) in [4.78, 5) is 22.3. The van der Waals surface area contributed by atoms with Crippen molar-refractivity contribution in [3.63, 3.8) is 0 Å². The molecule has 0 unspecified atom stereocenters. The van der Waals surface area contributed by atoms with Gasteiger partial charge in [-0.1, -0.05) is 23.7 Å². The summed E-state index contributed by atoms with van der Waals surface area (Å²) < 4.78 is 5.02. The number of nitro benzene ring substituents is 1. The van der Waals surface area contributed by atoms with Crippen molar-refractivity contribution in [2.45, 2.75) is 0 Å². The summed E-state index contributed by atoms with van der Waals surface area (Å²) in [6.07, 6.45) is 2.61. The lowest BCUT2D eigenvalue weighted by Gasteiger charge is -2.06. The minimum Gasteiger partial charge on any atom is -0.495 e. The lowest BCUT2D eigenvalue weighted by Crippen LogP contribution is -2.07. The highest BCUT2D eigenvalue weighted by molar-refractivity contribution is 6.32. The molecule has 0 aliphatic heterocycles. The first-order chi connectivity index (χ1) is 11.0. The summed E-state index contributed by atoms with van der Waals surface area (Å²) in [5.41, 5.74) is 0.775. The molecule has 0 fully saturated rings. The van der Waals surface area contributed by atoms with Gasteiger partial charge in [-0.25, -0.2) is 0 Å². The van der Waals surface area contributed by atoms with Gasteiger partial charge < -0.3 is 10.1 Å². The van der Waals surface area contributed by atoms with Gasteiger partial charge in [0.05, 0.1) is 22.6 Å². The van der Waals surface area contributed by atoms with Crippen LogP contribution in [-0.2, 0) is 4.79 Å². The zero-order valence-electron chi connectivity index (χ0n) is 12.2. The number of benzene rings is 2. The zero-order chi connectivity index (χ0) is 16.8. The number of nitrogens with zero attached hydrogens (tertiary/aromatic N) is 1. The maximum Gasteiger partial charge on any atom is 0.276 e. The minimum absolute atomic E-state index is 0.0657. The van der Waals surface area contributed by atoms with Crippen molar-refractivity contribution in [3.05, 3.63) is 69.2 Å². The molecule has 118 valence electrons. The summed E-state index contributed by atoms with van der Waals surface area (Å²) in [6.45, 7) is 0. The predicted molar refractivity (Wildman–Crippen MR) is 88.8 cm³/mol. The largest absolute Gasteiger partial charge is 0.495 e. The highest BCUT2D eigenvalue weighted by atomic mass is 35.5. The molecule has 0 aromatic heterocycles. The molecule has 1 N–H and O–H groups in total. The van der Waals surface area contributed by atoms with Crippen LogP contribution in [0.3, 0.4) is 0 Å². The van der Waals surface area contributed by atoms with Crippen LogP contribution in [0.2, 0.25) is 5.02 Å². The number of methoxy groups -OCH3 is 1. The lowest BCUT2D eigenvalue weighted by molar-refractivity contribution is -0.385. The van der Waals surface area contributed by atoms with E-state index in [2.05, 4.69) is 5.32 Å². The number of hydrogen-bond donors (Lipinski definition) is 1. The molecular weight excluding hydrogens is 320 g/mol. The highest BCUT2D eigenvalue weighted by Crippen LogP contribution is 2.27. The fraction of sp³-hybridized carbons (Fsp3) is 0.0625. The Morgan fingerprint density at radius 2 is 2.04 bits per heavy atom. The number of para-hydroxylation sites is 1. The third-order valence-corrected chi connectivity index (χ3v) is 3.26. The molecule has 2 aromatic carbocycles. The van der Waals surface area contributed by atoms with Crippen LogP contribution in [0, 0.1) is 10.1 Å². The van der Waals surface area contributed by atoms with Crippen LogP contribution in [0.5, 0.6) is 5.75 Å². The number of hydrogen-bond acceptors (Lipinski definition) is 4. The summed E-state index contributed by atoms with van der Waals surface area (Å²) in [7, 11) is 1.50. The van der Waals surface area contributed by atoms with Crippen LogP contribution in [0.15, 0.2) is 48.5 Å². The second-order valence-electron chi connectivity index (χ2n) is 4.49. The average molecular weight is 333 g/mol. The van der Waals surface area contributed by atoms with Gasteiger partial charge in [-0.05, 0) is 30.3 Å². The molecule has 1 amide bonds. The first kappa shape index (κ1) is 16.5. The van der Waals surface area contributed by atoms with E-state index in [1.807, 2.05) is 0 Å². The van der Waals surface area contributed by atoms with Crippen LogP contribution in [0.25, 0.3) is 6.08 Å². The number of carbonyl (C=O) groups is 1. The molecule has 0 bridgehead atoms. The van der Waals surface area contributed by atoms with Gasteiger partial charge in [0.25, 0.3) is 5.69 Å². The number of carbonyl (C=O) groups excluding carboxylic acids is 1. The van der Waals surface area contributed by atoms with Crippen molar-refractivity contribution < 1.29 is 14.5 Å². The predicted octanol–water partition coefficient (Wildman–Crippen LogP) is 3.91. The topological polar surface area (TPSA) is 81.5 Å². The molecule has 0 aliphatic carbocycles. The Labute approximate surface area is 137 Å². The van der Waals surface area contributed by atoms with Crippen LogP contribution >= 0.6 is 11.6 Å². The Hall–Kier alpha value is -2.86. The van der Waals surface area contributed by atoms with Crippen molar-refractivity contribution >= 4 is 35.0 Å². The first-order valence-corrected chi connectivity index (χ1v) is 6.95. The maximum absolute atomic E-state index is 11.9. The second kappa shape index (κ2) is 7.42. The van der Waals surface area contributed by atoms with E-state index in [4.69, 9.17) is 16.3 Å². The summed E-state index contributed by atoms with van der Waals surface area (Å²) in [5.74, 6) is 0.0736.